The molecule has 0 spiro atoms. The van der Waals surface area contributed by atoms with Crippen molar-refractivity contribution in [3.05, 3.63) is 81.5 Å². The number of hydrogen-bond donors (Lipinski definition) is 2. The number of nitrogen functional groups attached to an aromatic ring is 1. The third kappa shape index (κ3) is 3.93. The molecule has 4 aromatic rings. The van der Waals surface area contributed by atoms with Crippen LogP contribution < -0.4 is 16.6 Å². The van der Waals surface area contributed by atoms with E-state index in [1.54, 1.807) is 18.2 Å². The lowest BCUT2D eigenvalue weighted by Crippen LogP contribution is -2.28. The van der Waals surface area contributed by atoms with Gasteiger partial charge in [0, 0.05) is 12.1 Å². The number of hydrogen-bond acceptors (Lipinski definition) is 7. The number of carbonyl (C=O) groups is 1. The summed E-state index contributed by atoms with van der Waals surface area (Å²) in [5.74, 6) is 0.811. The number of benzene rings is 2. The maximum absolute atomic E-state index is 13.6. The molecule has 8 nitrogen and oxygen atoms in total. The largest absolute Gasteiger partial charge is 0.368 e. The maximum Gasteiger partial charge on any atom is 0.267 e. The van der Waals surface area contributed by atoms with E-state index >= 15 is 0 Å². The predicted molar refractivity (Wildman–Crippen MR) is 128 cm³/mol. The second-order valence-electron chi connectivity index (χ2n) is 8.08. The molecule has 2 heterocycles. The van der Waals surface area contributed by atoms with Crippen molar-refractivity contribution in [2.24, 2.45) is 5.92 Å². The minimum Gasteiger partial charge on any atom is -0.368 e. The van der Waals surface area contributed by atoms with Gasteiger partial charge in [-0.25, -0.2) is 9.97 Å². The minimum absolute atomic E-state index is 0.00323. The monoisotopic (exact) mass is 460 g/mol. The van der Waals surface area contributed by atoms with E-state index in [9.17, 15) is 9.59 Å². The van der Waals surface area contributed by atoms with E-state index in [4.69, 9.17) is 22.3 Å². The highest BCUT2D eigenvalue weighted by atomic mass is 35.5. The Balaban J connectivity index is 1.65. The summed E-state index contributed by atoms with van der Waals surface area (Å²) in [5.41, 5.74) is 7.05. The molecule has 0 aliphatic heterocycles. The zero-order valence-electron chi connectivity index (χ0n) is 17.8. The number of aromatic nitrogens is 4. The number of fused-ring (bicyclic) bond motifs is 1. The van der Waals surface area contributed by atoms with E-state index in [1.807, 2.05) is 37.3 Å². The number of rotatable bonds is 6. The van der Waals surface area contributed by atoms with E-state index in [0.29, 0.717) is 38.8 Å². The van der Waals surface area contributed by atoms with Gasteiger partial charge in [-0.3, -0.25) is 14.2 Å². The highest BCUT2D eigenvalue weighted by molar-refractivity contribution is 6.35. The summed E-state index contributed by atoms with van der Waals surface area (Å²) in [5, 5.41) is 3.92. The summed E-state index contributed by atoms with van der Waals surface area (Å²) < 4.78 is 1.53. The number of nitrogens with one attached hydrogen (secondary N) is 1. The summed E-state index contributed by atoms with van der Waals surface area (Å²) >= 11 is 6.35. The standard InChI is InChI=1S/C24H21ClN6O2/c1-13(28-21-16(12-27-24(26)30-21)20(32)14-10-11-14)22-29-18-9-5-8-17(25)19(18)23(33)31(22)15-6-3-2-4-7-15/h2-9,12-14H,10-11H2,1H3,(H3,26,27,28,30). The van der Waals surface area contributed by atoms with E-state index in [-0.39, 0.29) is 23.2 Å². The van der Waals surface area contributed by atoms with Crippen LogP contribution in [0.5, 0.6) is 0 Å². The highest BCUT2D eigenvalue weighted by Crippen LogP contribution is 2.35. The van der Waals surface area contributed by atoms with Gasteiger partial charge < -0.3 is 11.1 Å². The van der Waals surface area contributed by atoms with E-state index < -0.39 is 6.04 Å². The second-order valence-corrected chi connectivity index (χ2v) is 8.48. The van der Waals surface area contributed by atoms with Crippen molar-refractivity contribution >= 4 is 40.1 Å². The summed E-state index contributed by atoms with van der Waals surface area (Å²) in [6.45, 7) is 1.85. The zero-order valence-corrected chi connectivity index (χ0v) is 18.6. The number of ketones is 1. The topological polar surface area (TPSA) is 116 Å². The molecular weight excluding hydrogens is 440 g/mol. The molecule has 0 saturated heterocycles. The molecule has 1 aliphatic carbocycles. The van der Waals surface area contributed by atoms with E-state index in [1.165, 1.54) is 10.8 Å². The summed E-state index contributed by atoms with van der Waals surface area (Å²) in [4.78, 5) is 39.4. The molecule has 5 rings (SSSR count). The first kappa shape index (κ1) is 21.1. The normalized spacial score (nSPS) is 14.2. The van der Waals surface area contributed by atoms with E-state index in [2.05, 4.69) is 15.3 Å². The number of carbonyl (C=O) groups excluding carboxylic acids is 1. The van der Waals surface area contributed by atoms with Gasteiger partial charge in [0.1, 0.15) is 11.6 Å². The summed E-state index contributed by atoms with van der Waals surface area (Å²) in [7, 11) is 0. The van der Waals surface area contributed by atoms with Crippen LogP contribution in [0.1, 0.15) is 42.0 Å². The SMILES string of the molecule is CC(Nc1nc(N)ncc1C(=O)C1CC1)c1nc2cccc(Cl)c2c(=O)n1-c1ccccc1. The lowest BCUT2D eigenvalue weighted by atomic mass is 10.1. The molecule has 2 aromatic carbocycles. The first-order valence-corrected chi connectivity index (χ1v) is 11.0. The lowest BCUT2D eigenvalue weighted by molar-refractivity contribution is 0.0968. The van der Waals surface area contributed by atoms with Crippen molar-refractivity contribution in [2.45, 2.75) is 25.8 Å². The Bertz CT molecular complexity index is 1430. The van der Waals surface area contributed by atoms with Crippen molar-refractivity contribution in [1.29, 1.82) is 0 Å². The molecule has 1 saturated carbocycles. The smallest absolute Gasteiger partial charge is 0.267 e. The van der Waals surface area contributed by atoms with Gasteiger partial charge in [0.05, 0.1) is 33.2 Å². The Morgan fingerprint density at radius 2 is 1.91 bits per heavy atom. The number of anilines is 2. The Hall–Kier alpha value is -3.78. The van der Waals surface area contributed by atoms with Crippen LogP contribution in [-0.2, 0) is 0 Å². The van der Waals surface area contributed by atoms with Crippen molar-refractivity contribution in [2.75, 3.05) is 11.1 Å². The number of nitrogens with zero attached hydrogens (tertiary/aromatic N) is 4. The van der Waals surface area contributed by atoms with Crippen molar-refractivity contribution in [3.8, 4) is 5.69 Å². The zero-order chi connectivity index (χ0) is 23.1. The van der Waals surface area contributed by atoms with Gasteiger partial charge in [-0.15, -0.1) is 0 Å². The van der Waals surface area contributed by atoms with Gasteiger partial charge in [0.2, 0.25) is 5.95 Å². The van der Waals surface area contributed by atoms with E-state index in [0.717, 1.165) is 12.8 Å². The quantitative estimate of drug-likeness (QED) is 0.414. The Morgan fingerprint density at radius 1 is 1.15 bits per heavy atom. The van der Waals surface area contributed by atoms with Crippen LogP contribution in [0.3, 0.4) is 0 Å². The van der Waals surface area contributed by atoms with Crippen LogP contribution >= 0.6 is 11.6 Å². The molecule has 2 aromatic heterocycles. The fourth-order valence-corrected chi connectivity index (χ4v) is 4.10. The Kier molecular flexibility index (Phi) is 5.30. The highest BCUT2D eigenvalue weighted by Gasteiger charge is 2.33. The van der Waals surface area contributed by atoms with Crippen molar-refractivity contribution < 1.29 is 4.79 Å². The molecule has 1 atom stereocenters. The molecule has 1 unspecified atom stereocenters. The van der Waals surface area contributed by atoms with Gasteiger partial charge >= 0.3 is 0 Å². The van der Waals surface area contributed by atoms with Gasteiger partial charge in [0.15, 0.2) is 5.78 Å². The molecule has 1 fully saturated rings. The fourth-order valence-electron chi connectivity index (χ4n) is 3.84. The fraction of sp³-hybridized carbons (Fsp3) is 0.208. The molecule has 33 heavy (non-hydrogen) atoms. The third-order valence-corrected chi connectivity index (χ3v) is 5.96. The van der Waals surface area contributed by atoms with Crippen molar-refractivity contribution in [1.82, 2.24) is 19.5 Å². The van der Waals surface area contributed by atoms with Gasteiger partial charge in [0.25, 0.3) is 5.56 Å². The average Bonchev–Trinajstić information content (AvgIpc) is 3.65. The number of Topliss-reactive ketones (excluding diaryl/α,β-unsaturated/α-hetero) is 1. The first-order chi connectivity index (χ1) is 15.9. The Morgan fingerprint density at radius 3 is 2.64 bits per heavy atom. The average molecular weight is 461 g/mol. The molecule has 0 bridgehead atoms. The molecular formula is C24H21ClN6O2. The molecule has 3 N–H and O–H groups in total. The van der Waals surface area contributed by atoms with Crippen LogP contribution in [0.25, 0.3) is 16.6 Å². The maximum atomic E-state index is 13.6. The van der Waals surface area contributed by atoms with Gasteiger partial charge in [-0.1, -0.05) is 35.9 Å². The van der Waals surface area contributed by atoms with Crippen LogP contribution in [0, 0.1) is 5.92 Å². The number of para-hydroxylation sites is 1. The van der Waals surface area contributed by atoms with Crippen LogP contribution in [0.2, 0.25) is 5.02 Å². The minimum atomic E-state index is -0.499. The first-order valence-electron chi connectivity index (χ1n) is 10.6. The number of nitrogens with two attached hydrogens (primary N) is 1. The van der Waals surface area contributed by atoms with Crippen LogP contribution in [-0.4, -0.2) is 25.3 Å². The van der Waals surface area contributed by atoms with Crippen LogP contribution in [0.4, 0.5) is 11.8 Å². The predicted octanol–water partition coefficient (Wildman–Crippen LogP) is 4.18. The van der Waals surface area contributed by atoms with Crippen LogP contribution in [0.15, 0.2) is 59.5 Å². The second kappa shape index (κ2) is 8.29. The Labute approximate surface area is 194 Å². The summed E-state index contributed by atoms with van der Waals surface area (Å²) in [6.07, 6.45) is 3.17. The van der Waals surface area contributed by atoms with Crippen molar-refractivity contribution in [3.63, 3.8) is 0 Å². The molecule has 0 amide bonds. The molecule has 1 aliphatic rings. The number of halogens is 1. The lowest BCUT2D eigenvalue weighted by Gasteiger charge is -2.21. The molecule has 0 radical (unpaired) electrons. The van der Waals surface area contributed by atoms with Gasteiger partial charge in [-0.05, 0) is 44.0 Å². The molecule has 9 heteroatoms. The summed E-state index contributed by atoms with van der Waals surface area (Å²) in [6, 6.07) is 13.9. The van der Waals surface area contributed by atoms with Gasteiger partial charge in [-0.2, -0.15) is 4.98 Å². The third-order valence-electron chi connectivity index (χ3n) is 5.65. The molecule has 166 valence electrons.